The zero-order valence-corrected chi connectivity index (χ0v) is 13.4. The maximum Gasteiger partial charge on any atom is 0.387 e. The van der Waals surface area contributed by atoms with Gasteiger partial charge >= 0.3 is 6.61 Å². The molecule has 1 aliphatic heterocycles. The minimum atomic E-state index is -3.87. The topological polar surface area (TPSA) is 67.4 Å². The van der Waals surface area contributed by atoms with Crippen LogP contribution in [0, 0.1) is 5.92 Å². The fourth-order valence-corrected chi connectivity index (χ4v) is 3.52. The number of hydrogen-bond donors (Lipinski definition) is 2. The van der Waals surface area contributed by atoms with E-state index < -0.39 is 16.6 Å². The van der Waals surface area contributed by atoms with Gasteiger partial charge in [-0.05, 0) is 44.0 Å². The molecule has 2 rings (SSSR count). The van der Waals surface area contributed by atoms with Gasteiger partial charge in [-0.15, -0.1) is 12.4 Å². The highest BCUT2D eigenvalue weighted by molar-refractivity contribution is 7.89. The van der Waals surface area contributed by atoms with Crippen molar-refractivity contribution in [3.05, 3.63) is 24.3 Å². The first kappa shape index (κ1) is 19.1. The quantitative estimate of drug-likeness (QED) is 0.818. The molecule has 0 aliphatic carbocycles. The lowest BCUT2D eigenvalue weighted by Gasteiger charge is -2.23. The molecule has 1 aromatic carbocycles. The third-order valence-corrected chi connectivity index (χ3v) is 4.78. The Bertz CT molecular complexity index is 566. The third-order valence-electron chi connectivity index (χ3n) is 3.32. The zero-order valence-electron chi connectivity index (χ0n) is 11.8. The average Bonchev–Trinajstić information content (AvgIpc) is 2.46. The monoisotopic (exact) mass is 356 g/mol. The van der Waals surface area contributed by atoms with Crippen molar-refractivity contribution >= 4 is 22.4 Å². The smallest absolute Gasteiger partial charge is 0.387 e. The molecule has 0 radical (unpaired) electrons. The second-order valence-electron chi connectivity index (χ2n) is 4.89. The Morgan fingerprint density at radius 2 is 2.09 bits per heavy atom. The van der Waals surface area contributed by atoms with E-state index in [1.807, 2.05) is 0 Å². The number of hydrogen-bond acceptors (Lipinski definition) is 4. The molecule has 1 aliphatic rings. The summed E-state index contributed by atoms with van der Waals surface area (Å²) in [6.45, 7) is -1.10. The summed E-state index contributed by atoms with van der Waals surface area (Å²) < 4.78 is 55.8. The highest BCUT2D eigenvalue weighted by Crippen LogP contribution is 2.25. The third kappa shape index (κ3) is 5.35. The zero-order chi connectivity index (χ0) is 15.3. The molecular weight excluding hydrogens is 338 g/mol. The van der Waals surface area contributed by atoms with Crippen molar-refractivity contribution in [3.63, 3.8) is 0 Å². The second-order valence-corrected chi connectivity index (χ2v) is 6.62. The van der Waals surface area contributed by atoms with Gasteiger partial charge in [-0.2, -0.15) is 8.78 Å². The molecule has 1 fully saturated rings. The van der Waals surface area contributed by atoms with Crippen LogP contribution in [0.3, 0.4) is 0 Å². The van der Waals surface area contributed by atoms with E-state index >= 15 is 0 Å². The Morgan fingerprint density at radius 3 is 2.73 bits per heavy atom. The molecule has 22 heavy (non-hydrogen) atoms. The number of alkyl halides is 2. The molecule has 0 spiro atoms. The second kappa shape index (κ2) is 8.61. The number of piperidine rings is 1. The number of sulfonamides is 1. The van der Waals surface area contributed by atoms with Crippen LogP contribution in [-0.2, 0) is 10.0 Å². The van der Waals surface area contributed by atoms with E-state index in [0.717, 1.165) is 25.9 Å². The molecule has 2 N–H and O–H groups in total. The van der Waals surface area contributed by atoms with Crippen molar-refractivity contribution in [2.75, 3.05) is 19.6 Å². The molecule has 0 bridgehead atoms. The van der Waals surface area contributed by atoms with Gasteiger partial charge in [0.05, 0.1) is 0 Å². The first-order valence-electron chi connectivity index (χ1n) is 6.73. The molecule has 1 saturated heterocycles. The molecule has 1 heterocycles. The average molecular weight is 357 g/mol. The van der Waals surface area contributed by atoms with E-state index in [1.54, 1.807) is 0 Å². The Morgan fingerprint density at radius 1 is 1.36 bits per heavy atom. The first-order valence-corrected chi connectivity index (χ1v) is 8.21. The highest BCUT2D eigenvalue weighted by atomic mass is 35.5. The first-order chi connectivity index (χ1) is 9.99. The van der Waals surface area contributed by atoms with Gasteiger partial charge in [0.15, 0.2) is 0 Å². The number of halogens is 3. The van der Waals surface area contributed by atoms with Crippen LogP contribution in [0.25, 0.3) is 0 Å². The molecule has 0 aromatic heterocycles. The fourth-order valence-electron chi connectivity index (χ4n) is 2.27. The molecule has 1 unspecified atom stereocenters. The Kier molecular flexibility index (Phi) is 7.47. The van der Waals surface area contributed by atoms with Crippen molar-refractivity contribution < 1.29 is 21.9 Å². The Hall–Kier alpha value is -0.960. The van der Waals surface area contributed by atoms with E-state index in [0.29, 0.717) is 0 Å². The molecule has 1 atom stereocenters. The number of rotatable bonds is 6. The minimum Gasteiger partial charge on any atom is -0.433 e. The van der Waals surface area contributed by atoms with Crippen LogP contribution in [0.4, 0.5) is 8.78 Å². The van der Waals surface area contributed by atoms with E-state index in [4.69, 9.17) is 0 Å². The summed E-state index contributed by atoms with van der Waals surface area (Å²) in [5.74, 6) is -0.140. The van der Waals surface area contributed by atoms with Crippen LogP contribution >= 0.6 is 12.4 Å². The number of nitrogens with one attached hydrogen (secondary N) is 2. The largest absolute Gasteiger partial charge is 0.433 e. The molecule has 9 heteroatoms. The lowest BCUT2D eigenvalue weighted by atomic mass is 10.0. The van der Waals surface area contributed by atoms with Gasteiger partial charge in [0.1, 0.15) is 10.6 Å². The normalized spacial score (nSPS) is 18.8. The molecule has 1 aromatic rings. The van der Waals surface area contributed by atoms with Gasteiger partial charge in [0.2, 0.25) is 10.0 Å². The van der Waals surface area contributed by atoms with Crippen molar-refractivity contribution in [2.24, 2.45) is 5.92 Å². The van der Waals surface area contributed by atoms with Crippen molar-refractivity contribution in [1.29, 1.82) is 0 Å². The summed E-state index contributed by atoms with van der Waals surface area (Å²) in [7, 11) is -3.87. The molecule has 0 amide bonds. The van der Waals surface area contributed by atoms with Crippen LogP contribution in [0.1, 0.15) is 12.8 Å². The van der Waals surface area contributed by atoms with Gasteiger partial charge < -0.3 is 10.1 Å². The maximum absolute atomic E-state index is 12.3. The van der Waals surface area contributed by atoms with Gasteiger partial charge in [0.25, 0.3) is 0 Å². The van der Waals surface area contributed by atoms with E-state index in [2.05, 4.69) is 14.8 Å². The number of benzene rings is 1. The molecular formula is C13H19ClF2N2O3S. The van der Waals surface area contributed by atoms with Crippen molar-refractivity contribution in [1.82, 2.24) is 10.0 Å². The standard InChI is InChI=1S/C13H18F2N2O3S.ClH/c14-13(15)20-11-5-1-2-6-12(11)21(18,19)17-9-10-4-3-7-16-8-10;/h1-2,5-6,10,13,16-17H,3-4,7-9H2;1H. The maximum atomic E-state index is 12.3. The Labute approximate surface area is 134 Å². The van der Waals surface area contributed by atoms with E-state index in [-0.39, 0.29) is 35.5 Å². The summed E-state index contributed by atoms with van der Waals surface area (Å²) >= 11 is 0. The number of para-hydroxylation sites is 1. The summed E-state index contributed by atoms with van der Waals surface area (Å²) in [6.07, 6.45) is 1.93. The van der Waals surface area contributed by atoms with Crippen LogP contribution in [0.15, 0.2) is 29.2 Å². The lowest BCUT2D eigenvalue weighted by Crippen LogP contribution is -2.38. The fraction of sp³-hybridized carbons (Fsp3) is 0.538. The molecule has 5 nitrogen and oxygen atoms in total. The van der Waals surface area contributed by atoms with Gasteiger partial charge in [-0.25, -0.2) is 13.1 Å². The predicted octanol–water partition coefficient (Wildman–Crippen LogP) is 1.99. The highest BCUT2D eigenvalue weighted by Gasteiger charge is 2.23. The summed E-state index contributed by atoms with van der Waals surface area (Å²) in [4.78, 5) is -0.269. The van der Waals surface area contributed by atoms with Crippen LogP contribution in [0.5, 0.6) is 5.75 Å². The summed E-state index contributed by atoms with van der Waals surface area (Å²) in [6, 6.07) is 5.37. The van der Waals surface area contributed by atoms with E-state index in [9.17, 15) is 17.2 Å². The van der Waals surface area contributed by atoms with Gasteiger partial charge in [-0.1, -0.05) is 12.1 Å². The van der Waals surface area contributed by atoms with Crippen LogP contribution in [-0.4, -0.2) is 34.7 Å². The van der Waals surface area contributed by atoms with Crippen LogP contribution < -0.4 is 14.8 Å². The summed E-state index contributed by atoms with van der Waals surface area (Å²) in [5, 5.41) is 3.19. The Balaban J connectivity index is 0.00000242. The van der Waals surface area contributed by atoms with Gasteiger partial charge in [-0.3, -0.25) is 0 Å². The minimum absolute atomic E-state index is 0. The van der Waals surface area contributed by atoms with Gasteiger partial charge in [0, 0.05) is 6.54 Å². The van der Waals surface area contributed by atoms with Crippen LogP contribution in [0.2, 0.25) is 0 Å². The SMILES string of the molecule is Cl.O=S(=O)(NCC1CCCNC1)c1ccccc1OC(F)F. The van der Waals surface area contributed by atoms with E-state index in [1.165, 1.54) is 24.3 Å². The summed E-state index contributed by atoms with van der Waals surface area (Å²) in [5.41, 5.74) is 0. The number of ether oxygens (including phenoxy) is 1. The molecule has 126 valence electrons. The van der Waals surface area contributed by atoms with Crippen molar-refractivity contribution in [3.8, 4) is 5.75 Å². The predicted molar refractivity (Wildman–Crippen MR) is 81.1 cm³/mol. The lowest BCUT2D eigenvalue weighted by molar-refractivity contribution is -0.0517. The van der Waals surface area contributed by atoms with Crippen molar-refractivity contribution in [2.45, 2.75) is 24.3 Å². The molecule has 0 saturated carbocycles.